The number of hydrogen-bond acceptors (Lipinski definition) is 5. The van der Waals surface area contributed by atoms with Gasteiger partial charge in [-0.05, 0) is 64.8 Å². The van der Waals surface area contributed by atoms with Crippen molar-refractivity contribution in [2.45, 2.75) is 51.0 Å². The molecule has 0 radical (unpaired) electrons. The van der Waals surface area contributed by atoms with Gasteiger partial charge in [0.1, 0.15) is 0 Å². The number of hydrogen-bond donors (Lipinski definition) is 1. The predicted octanol–water partition coefficient (Wildman–Crippen LogP) is 4.03. The van der Waals surface area contributed by atoms with Crippen LogP contribution in [0.3, 0.4) is 0 Å². The zero-order valence-electron chi connectivity index (χ0n) is 19.9. The van der Waals surface area contributed by atoms with Crippen LogP contribution in [0.4, 0.5) is 5.95 Å². The molecule has 1 N–H and O–H groups in total. The van der Waals surface area contributed by atoms with Gasteiger partial charge in [-0.15, -0.1) is 0 Å². The molecule has 8 nitrogen and oxygen atoms in total. The first kappa shape index (κ1) is 24.1. The SMILES string of the molecule is CC(=O)c1cccc(S(=O)(=O)N2CCC(C(=O)Nc3nc4ccccc4n3C(C)(C)C)CC2)c1. The lowest BCUT2D eigenvalue weighted by atomic mass is 9.97. The molecule has 3 aromatic rings. The number of nitrogens with zero attached hydrogens (tertiary/aromatic N) is 3. The quantitative estimate of drug-likeness (QED) is 0.553. The van der Waals surface area contributed by atoms with E-state index in [-0.39, 0.29) is 41.1 Å². The summed E-state index contributed by atoms with van der Waals surface area (Å²) in [5.41, 5.74) is 1.82. The molecule has 34 heavy (non-hydrogen) atoms. The van der Waals surface area contributed by atoms with Crippen molar-refractivity contribution in [2.75, 3.05) is 18.4 Å². The van der Waals surface area contributed by atoms with E-state index in [4.69, 9.17) is 0 Å². The number of anilines is 1. The van der Waals surface area contributed by atoms with Gasteiger partial charge in [0, 0.05) is 30.1 Å². The predicted molar refractivity (Wildman–Crippen MR) is 131 cm³/mol. The van der Waals surface area contributed by atoms with Crippen LogP contribution >= 0.6 is 0 Å². The van der Waals surface area contributed by atoms with Crippen LogP contribution in [0.1, 0.15) is 50.9 Å². The third-order valence-corrected chi connectivity index (χ3v) is 8.06. The fraction of sp³-hybridized carbons (Fsp3) is 0.400. The summed E-state index contributed by atoms with van der Waals surface area (Å²) in [7, 11) is -3.74. The van der Waals surface area contributed by atoms with E-state index in [0.717, 1.165) is 11.0 Å². The lowest BCUT2D eigenvalue weighted by Gasteiger charge is -2.31. The third-order valence-electron chi connectivity index (χ3n) is 6.17. The highest BCUT2D eigenvalue weighted by Crippen LogP contribution is 2.30. The number of Topliss-reactive ketones (excluding diaryl/α,β-unsaturated/α-hetero) is 1. The van der Waals surface area contributed by atoms with Crippen molar-refractivity contribution in [3.63, 3.8) is 0 Å². The average Bonchev–Trinajstić information content (AvgIpc) is 3.17. The highest BCUT2D eigenvalue weighted by atomic mass is 32.2. The van der Waals surface area contributed by atoms with Gasteiger partial charge in [0.25, 0.3) is 0 Å². The molecule has 1 aliphatic heterocycles. The topological polar surface area (TPSA) is 101 Å². The molecule has 180 valence electrons. The molecule has 1 saturated heterocycles. The summed E-state index contributed by atoms with van der Waals surface area (Å²) in [5.74, 6) is -0.164. The number of carbonyl (C=O) groups is 2. The minimum Gasteiger partial charge on any atom is -0.305 e. The molecule has 0 aliphatic carbocycles. The lowest BCUT2D eigenvalue weighted by Crippen LogP contribution is -2.41. The van der Waals surface area contributed by atoms with Crippen LogP contribution in [0.25, 0.3) is 11.0 Å². The molecule has 1 amide bonds. The lowest BCUT2D eigenvalue weighted by molar-refractivity contribution is -0.121. The number of imidazole rings is 1. The number of carbonyl (C=O) groups excluding carboxylic acids is 2. The maximum Gasteiger partial charge on any atom is 0.243 e. The zero-order valence-corrected chi connectivity index (χ0v) is 20.7. The van der Waals surface area contributed by atoms with Gasteiger partial charge in [-0.3, -0.25) is 14.9 Å². The molecule has 2 heterocycles. The van der Waals surface area contributed by atoms with Crippen LogP contribution < -0.4 is 5.32 Å². The minimum atomic E-state index is -3.74. The summed E-state index contributed by atoms with van der Waals surface area (Å²) in [6, 6.07) is 13.8. The van der Waals surface area contributed by atoms with Crippen molar-refractivity contribution >= 4 is 38.7 Å². The molecular formula is C25H30N4O4S. The largest absolute Gasteiger partial charge is 0.305 e. The molecule has 4 rings (SSSR count). The standard InChI is InChI=1S/C25H30N4O4S/c1-17(30)19-8-7-9-20(16-19)34(32,33)28-14-12-18(13-15-28)23(31)27-24-26-21-10-5-6-11-22(21)29(24)25(2,3)4/h5-11,16,18H,12-15H2,1-4H3,(H,26,27,31). The minimum absolute atomic E-state index is 0.0991. The number of piperidine rings is 1. The Hall–Kier alpha value is -3.04. The highest BCUT2D eigenvalue weighted by Gasteiger charge is 2.33. The molecule has 1 aromatic heterocycles. The van der Waals surface area contributed by atoms with Gasteiger partial charge in [-0.25, -0.2) is 13.4 Å². The van der Waals surface area contributed by atoms with Crippen molar-refractivity contribution in [3.8, 4) is 0 Å². The van der Waals surface area contributed by atoms with E-state index in [2.05, 4.69) is 31.1 Å². The van der Waals surface area contributed by atoms with Gasteiger partial charge < -0.3 is 4.57 Å². The van der Waals surface area contributed by atoms with E-state index < -0.39 is 10.0 Å². The zero-order chi connectivity index (χ0) is 24.7. The first-order valence-corrected chi connectivity index (χ1v) is 12.8. The second-order valence-corrected chi connectivity index (χ2v) is 11.6. The Bertz CT molecular complexity index is 1350. The number of para-hydroxylation sites is 2. The molecule has 0 unspecified atom stereocenters. The number of amides is 1. The molecule has 0 saturated carbocycles. The number of fused-ring (bicyclic) bond motifs is 1. The van der Waals surface area contributed by atoms with E-state index >= 15 is 0 Å². The number of sulfonamides is 1. The van der Waals surface area contributed by atoms with Crippen LogP contribution in [0.15, 0.2) is 53.4 Å². The Labute approximate surface area is 200 Å². The number of ketones is 1. The summed E-state index contributed by atoms with van der Waals surface area (Å²) < 4.78 is 29.6. The Balaban J connectivity index is 1.48. The Morgan fingerprint density at radius 3 is 2.35 bits per heavy atom. The van der Waals surface area contributed by atoms with Crippen LogP contribution in [0.5, 0.6) is 0 Å². The average molecular weight is 483 g/mol. The summed E-state index contributed by atoms with van der Waals surface area (Å²) in [4.78, 5) is 29.5. The van der Waals surface area contributed by atoms with Gasteiger partial charge in [-0.1, -0.05) is 24.3 Å². The van der Waals surface area contributed by atoms with Crippen molar-refractivity contribution in [1.82, 2.24) is 13.9 Å². The molecule has 9 heteroatoms. The first-order chi connectivity index (χ1) is 16.0. The van der Waals surface area contributed by atoms with Gasteiger partial charge in [0.05, 0.1) is 15.9 Å². The molecule has 2 aromatic carbocycles. The van der Waals surface area contributed by atoms with Crippen LogP contribution in [-0.2, 0) is 20.4 Å². The summed E-state index contributed by atoms with van der Waals surface area (Å²) in [6.45, 7) is 8.05. The normalized spacial score (nSPS) is 16.0. The van der Waals surface area contributed by atoms with Crippen LogP contribution in [0.2, 0.25) is 0 Å². The Morgan fingerprint density at radius 2 is 1.71 bits per heavy atom. The Kier molecular flexibility index (Phi) is 6.35. The number of nitrogens with one attached hydrogen (secondary N) is 1. The van der Waals surface area contributed by atoms with E-state index in [1.54, 1.807) is 12.1 Å². The summed E-state index contributed by atoms with van der Waals surface area (Å²) in [5, 5.41) is 2.99. The smallest absolute Gasteiger partial charge is 0.243 e. The second kappa shape index (κ2) is 8.96. The van der Waals surface area contributed by atoms with Crippen LogP contribution in [-0.4, -0.2) is 47.1 Å². The molecule has 1 fully saturated rings. The van der Waals surface area contributed by atoms with Crippen LogP contribution in [0, 0.1) is 5.92 Å². The maximum atomic E-state index is 13.1. The number of benzene rings is 2. The fourth-order valence-electron chi connectivity index (χ4n) is 4.38. The molecular weight excluding hydrogens is 452 g/mol. The van der Waals surface area contributed by atoms with Gasteiger partial charge in [0.2, 0.25) is 21.9 Å². The summed E-state index contributed by atoms with van der Waals surface area (Å²) in [6.07, 6.45) is 0.820. The van der Waals surface area contributed by atoms with Crippen molar-refractivity contribution < 1.29 is 18.0 Å². The van der Waals surface area contributed by atoms with Crippen molar-refractivity contribution in [2.24, 2.45) is 5.92 Å². The summed E-state index contributed by atoms with van der Waals surface area (Å²) >= 11 is 0. The fourth-order valence-corrected chi connectivity index (χ4v) is 5.90. The molecule has 1 aliphatic rings. The van der Waals surface area contributed by atoms with Crippen molar-refractivity contribution in [1.29, 1.82) is 0 Å². The molecule has 0 bridgehead atoms. The monoisotopic (exact) mass is 482 g/mol. The van der Waals surface area contributed by atoms with E-state index in [1.807, 2.05) is 28.8 Å². The van der Waals surface area contributed by atoms with E-state index in [0.29, 0.717) is 24.4 Å². The molecule has 0 atom stereocenters. The van der Waals surface area contributed by atoms with Gasteiger partial charge in [0.15, 0.2) is 5.78 Å². The maximum absolute atomic E-state index is 13.1. The Morgan fingerprint density at radius 1 is 1.03 bits per heavy atom. The van der Waals surface area contributed by atoms with Crippen molar-refractivity contribution in [3.05, 3.63) is 54.1 Å². The third kappa shape index (κ3) is 4.63. The second-order valence-electron chi connectivity index (χ2n) is 9.68. The van der Waals surface area contributed by atoms with E-state index in [1.165, 1.54) is 23.4 Å². The van der Waals surface area contributed by atoms with Gasteiger partial charge in [-0.2, -0.15) is 4.31 Å². The highest BCUT2D eigenvalue weighted by molar-refractivity contribution is 7.89. The number of aromatic nitrogens is 2. The number of rotatable bonds is 5. The first-order valence-electron chi connectivity index (χ1n) is 11.4. The van der Waals surface area contributed by atoms with Gasteiger partial charge >= 0.3 is 0 Å². The molecule has 0 spiro atoms. The van der Waals surface area contributed by atoms with E-state index in [9.17, 15) is 18.0 Å².